The van der Waals surface area contributed by atoms with Crippen LogP contribution in [-0.4, -0.2) is 18.4 Å². The second kappa shape index (κ2) is 5.70. The first-order valence-electron chi connectivity index (χ1n) is 3.51. The van der Waals surface area contributed by atoms with Crippen LogP contribution in [-0.2, 0) is 4.79 Å². The molecule has 0 saturated carbocycles. The van der Waals surface area contributed by atoms with E-state index in [1.807, 2.05) is 0 Å². The van der Waals surface area contributed by atoms with Gasteiger partial charge < -0.3 is 5.73 Å². The van der Waals surface area contributed by atoms with Crippen LogP contribution in [0.1, 0.15) is 19.8 Å². The van der Waals surface area contributed by atoms with Crippen molar-refractivity contribution in [3.63, 3.8) is 0 Å². The number of Topliss-reactive ketones (excluding diaryl/α,β-unsaturated/α-hetero) is 1. The molecule has 0 aromatic heterocycles. The van der Waals surface area contributed by atoms with Gasteiger partial charge in [-0.2, -0.15) is 0 Å². The molecule has 1 unspecified atom stereocenters. The molecule has 0 amide bonds. The second-order valence-electron chi connectivity index (χ2n) is 2.17. The third kappa shape index (κ3) is 4.36. The van der Waals surface area contributed by atoms with Crippen LogP contribution >= 0.6 is 0 Å². The Kier molecular flexibility index (Phi) is 5.15. The Balaban J connectivity index is 3.59. The molecule has 0 rings (SSSR count). The van der Waals surface area contributed by atoms with Gasteiger partial charge in [-0.05, 0) is 12.0 Å². The fraction of sp³-hybridized carbons (Fsp3) is 0.833. The number of ketones is 1. The van der Waals surface area contributed by atoms with Crippen molar-refractivity contribution < 1.29 is 4.79 Å². The molecule has 0 bridgehead atoms. The molecular formula is C6H12N4O. The number of rotatable bonds is 5. The number of azide groups is 1. The maximum atomic E-state index is 10.8. The molecule has 0 radical (unpaired) electrons. The summed E-state index contributed by atoms with van der Waals surface area (Å²) in [6.45, 7) is 2.05. The average molecular weight is 156 g/mol. The average Bonchev–Trinajstić information content (AvgIpc) is 2.03. The van der Waals surface area contributed by atoms with Gasteiger partial charge in [0.05, 0.1) is 6.04 Å². The van der Waals surface area contributed by atoms with Crippen LogP contribution in [0.5, 0.6) is 0 Å². The van der Waals surface area contributed by atoms with E-state index in [4.69, 9.17) is 11.3 Å². The molecule has 0 aromatic rings. The molecule has 0 aliphatic carbocycles. The smallest absolute Gasteiger partial charge is 0.149 e. The molecule has 0 saturated heterocycles. The highest BCUT2D eigenvalue weighted by molar-refractivity contribution is 5.83. The van der Waals surface area contributed by atoms with E-state index in [1.165, 1.54) is 0 Å². The van der Waals surface area contributed by atoms with Gasteiger partial charge in [0.15, 0.2) is 0 Å². The molecule has 0 spiro atoms. The van der Waals surface area contributed by atoms with Gasteiger partial charge in [-0.1, -0.05) is 12.0 Å². The number of hydrogen-bond donors (Lipinski definition) is 1. The van der Waals surface area contributed by atoms with Crippen molar-refractivity contribution in [2.24, 2.45) is 10.8 Å². The third-order valence-electron chi connectivity index (χ3n) is 1.37. The van der Waals surface area contributed by atoms with Crippen molar-refractivity contribution in [1.29, 1.82) is 0 Å². The fourth-order valence-electron chi connectivity index (χ4n) is 0.665. The van der Waals surface area contributed by atoms with Gasteiger partial charge in [-0.3, -0.25) is 4.79 Å². The minimum atomic E-state index is -0.467. The van der Waals surface area contributed by atoms with E-state index in [0.29, 0.717) is 19.4 Å². The van der Waals surface area contributed by atoms with Crippen LogP contribution in [0.25, 0.3) is 10.4 Å². The van der Waals surface area contributed by atoms with Gasteiger partial charge in [-0.25, -0.2) is 0 Å². The van der Waals surface area contributed by atoms with Crippen LogP contribution in [0, 0.1) is 0 Å². The lowest BCUT2D eigenvalue weighted by Gasteiger charge is -2.05. The van der Waals surface area contributed by atoms with Crippen LogP contribution in [0.3, 0.4) is 0 Å². The van der Waals surface area contributed by atoms with E-state index < -0.39 is 6.04 Å². The largest absolute Gasteiger partial charge is 0.322 e. The monoisotopic (exact) mass is 156 g/mol. The van der Waals surface area contributed by atoms with E-state index in [0.717, 1.165) is 0 Å². The molecule has 0 heterocycles. The van der Waals surface area contributed by atoms with E-state index in [1.54, 1.807) is 6.92 Å². The lowest BCUT2D eigenvalue weighted by molar-refractivity contribution is -0.120. The van der Waals surface area contributed by atoms with Gasteiger partial charge in [0.2, 0.25) is 0 Å². The predicted molar refractivity (Wildman–Crippen MR) is 41.9 cm³/mol. The topological polar surface area (TPSA) is 91.9 Å². The number of hydrogen-bond acceptors (Lipinski definition) is 3. The first kappa shape index (κ1) is 9.94. The van der Waals surface area contributed by atoms with Gasteiger partial charge in [-0.15, -0.1) is 0 Å². The molecule has 62 valence electrons. The van der Waals surface area contributed by atoms with Crippen LogP contribution in [0.4, 0.5) is 0 Å². The summed E-state index contributed by atoms with van der Waals surface area (Å²) in [5.41, 5.74) is 13.3. The van der Waals surface area contributed by atoms with Crippen LogP contribution in [0.2, 0.25) is 0 Å². The highest BCUT2D eigenvalue weighted by Crippen LogP contribution is 1.94. The van der Waals surface area contributed by atoms with Crippen molar-refractivity contribution in [3.8, 4) is 0 Å². The normalized spacial score (nSPS) is 11.8. The van der Waals surface area contributed by atoms with E-state index in [9.17, 15) is 4.79 Å². The molecule has 0 aliphatic rings. The minimum Gasteiger partial charge on any atom is -0.322 e. The maximum absolute atomic E-state index is 10.8. The molecule has 0 aliphatic heterocycles. The summed E-state index contributed by atoms with van der Waals surface area (Å²) in [7, 11) is 0. The Labute approximate surface area is 65.2 Å². The number of nitrogens with zero attached hydrogens (tertiary/aromatic N) is 3. The Morgan fingerprint density at radius 3 is 2.91 bits per heavy atom. The number of carbonyl (C=O) groups is 1. The highest BCUT2D eigenvalue weighted by atomic mass is 16.1. The van der Waals surface area contributed by atoms with Gasteiger partial charge in [0, 0.05) is 17.9 Å². The van der Waals surface area contributed by atoms with Crippen LogP contribution in [0.15, 0.2) is 5.11 Å². The van der Waals surface area contributed by atoms with E-state index >= 15 is 0 Å². The second-order valence-corrected chi connectivity index (χ2v) is 2.17. The summed E-state index contributed by atoms with van der Waals surface area (Å²) in [4.78, 5) is 13.4. The predicted octanol–water partition coefficient (Wildman–Crippen LogP) is 0.993. The molecule has 5 heteroatoms. The summed E-state index contributed by atoms with van der Waals surface area (Å²) >= 11 is 0. The molecule has 2 N–H and O–H groups in total. The zero-order valence-electron chi connectivity index (χ0n) is 6.53. The van der Waals surface area contributed by atoms with E-state index in [2.05, 4.69) is 10.0 Å². The van der Waals surface area contributed by atoms with Gasteiger partial charge in [0.25, 0.3) is 0 Å². The summed E-state index contributed by atoms with van der Waals surface area (Å²) in [6.07, 6.45) is 0.883. The fourth-order valence-corrected chi connectivity index (χ4v) is 0.665. The minimum absolute atomic E-state index is 0.0122. The Morgan fingerprint density at radius 1 is 1.82 bits per heavy atom. The number of carbonyl (C=O) groups excluding carboxylic acids is 1. The molecule has 0 aromatic carbocycles. The van der Waals surface area contributed by atoms with Crippen molar-refractivity contribution in [3.05, 3.63) is 10.4 Å². The molecule has 0 fully saturated rings. The lowest BCUT2D eigenvalue weighted by atomic mass is 10.1. The first-order chi connectivity index (χ1) is 5.22. The van der Waals surface area contributed by atoms with Crippen molar-refractivity contribution >= 4 is 5.78 Å². The third-order valence-corrected chi connectivity index (χ3v) is 1.37. The van der Waals surface area contributed by atoms with Crippen molar-refractivity contribution in [1.82, 2.24) is 0 Å². The summed E-state index contributed by atoms with van der Waals surface area (Å²) in [6, 6.07) is -0.467. The molecular weight excluding hydrogens is 144 g/mol. The molecule has 11 heavy (non-hydrogen) atoms. The zero-order valence-corrected chi connectivity index (χ0v) is 6.53. The van der Waals surface area contributed by atoms with Gasteiger partial charge >= 0.3 is 0 Å². The highest BCUT2D eigenvalue weighted by Gasteiger charge is 2.08. The van der Waals surface area contributed by atoms with Crippen molar-refractivity contribution in [2.45, 2.75) is 25.8 Å². The molecule has 1 atom stereocenters. The summed E-state index contributed by atoms with van der Waals surface area (Å²) in [5.74, 6) is 0.0122. The Hall–Kier alpha value is -1.06. The van der Waals surface area contributed by atoms with Crippen molar-refractivity contribution in [2.75, 3.05) is 6.54 Å². The van der Waals surface area contributed by atoms with Gasteiger partial charge in [0.1, 0.15) is 5.78 Å². The van der Waals surface area contributed by atoms with E-state index in [-0.39, 0.29) is 5.78 Å². The summed E-state index contributed by atoms with van der Waals surface area (Å²) < 4.78 is 0. The SMILES string of the molecule is CCC(=O)C(N)CCN=[N+]=[N-]. The Morgan fingerprint density at radius 2 is 2.45 bits per heavy atom. The maximum Gasteiger partial charge on any atom is 0.149 e. The summed E-state index contributed by atoms with van der Waals surface area (Å²) in [5, 5.41) is 3.28. The molecule has 5 nitrogen and oxygen atoms in total. The number of nitrogens with two attached hydrogens (primary N) is 1. The Bertz CT molecular complexity index is 173. The standard InChI is InChI=1S/C6H12N4O/c1-2-6(11)5(7)3-4-9-10-8/h5H,2-4,7H2,1H3. The first-order valence-corrected chi connectivity index (χ1v) is 3.51. The lowest BCUT2D eigenvalue weighted by Crippen LogP contribution is -2.30. The van der Waals surface area contributed by atoms with Crippen LogP contribution < -0.4 is 5.73 Å². The quantitative estimate of drug-likeness (QED) is 0.365. The zero-order chi connectivity index (χ0) is 8.69.